The maximum absolute atomic E-state index is 5.95. The van der Waals surface area contributed by atoms with Gasteiger partial charge in [0.15, 0.2) is 5.50 Å². The fourth-order valence-electron chi connectivity index (χ4n) is 1.13. The zero-order chi connectivity index (χ0) is 9.26. The van der Waals surface area contributed by atoms with Gasteiger partial charge in [0.2, 0.25) is 5.88 Å². The van der Waals surface area contributed by atoms with Gasteiger partial charge in [-0.05, 0) is 0 Å². The summed E-state index contributed by atoms with van der Waals surface area (Å²) in [7, 11) is 1.57. The Bertz CT molecular complexity index is 353. The predicted molar refractivity (Wildman–Crippen MR) is 51.5 cm³/mol. The van der Waals surface area contributed by atoms with Gasteiger partial charge < -0.3 is 10.1 Å². The molecule has 0 amide bonds. The Morgan fingerprint density at radius 1 is 1.62 bits per heavy atom. The highest BCUT2D eigenvalue weighted by Gasteiger charge is 2.15. The second-order valence-corrected chi connectivity index (χ2v) is 2.99. The number of anilines is 1. The van der Waals surface area contributed by atoms with Crippen molar-refractivity contribution < 1.29 is 4.74 Å². The van der Waals surface area contributed by atoms with Crippen LogP contribution < -0.4 is 10.1 Å². The zero-order valence-corrected chi connectivity index (χ0v) is 7.75. The molecule has 1 atom stereocenters. The normalized spacial score (nSPS) is 19.1. The number of halogens is 1. The van der Waals surface area contributed by atoms with E-state index in [4.69, 9.17) is 16.3 Å². The first-order chi connectivity index (χ1) is 6.31. The molecule has 0 spiro atoms. The zero-order valence-electron chi connectivity index (χ0n) is 6.99. The Morgan fingerprint density at radius 3 is 3.23 bits per heavy atom. The molecule has 1 N–H and O–H groups in total. The van der Waals surface area contributed by atoms with Gasteiger partial charge in [-0.25, -0.2) is 4.98 Å². The quantitative estimate of drug-likeness (QED) is 0.552. The molecule has 1 aromatic rings. The highest BCUT2D eigenvalue weighted by molar-refractivity contribution is 6.22. The van der Waals surface area contributed by atoms with Gasteiger partial charge in [-0.2, -0.15) is 0 Å². The third-order valence-electron chi connectivity index (χ3n) is 1.80. The molecule has 2 heterocycles. The lowest BCUT2D eigenvalue weighted by Gasteiger charge is -2.16. The molecule has 0 aromatic carbocycles. The van der Waals surface area contributed by atoms with E-state index in [1.807, 2.05) is 0 Å². The third-order valence-corrected chi connectivity index (χ3v) is 2.15. The minimum Gasteiger partial charge on any atom is -0.481 e. The van der Waals surface area contributed by atoms with Crippen LogP contribution in [0.5, 0.6) is 5.88 Å². The largest absolute Gasteiger partial charge is 0.481 e. The van der Waals surface area contributed by atoms with E-state index in [-0.39, 0.29) is 5.50 Å². The van der Waals surface area contributed by atoms with Crippen LogP contribution in [-0.2, 0) is 0 Å². The number of alkyl halides is 1. The molecule has 4 nitrogen and oxygen atoms in total. The molecule has 1 unspecified atom stereocenters. The van der Waals surface area contributed by atoms with Gasteiger partial charge in [0, 0.05) is 11.6 Å². The van der Waals surface area contributed by atoms with Crippen molar-refractivity contribution in [3.63, 3.8) is 0 Å². The molecule has 0 saturated carbocycles. The van der Waals surface area contributed by atoms with Gasteiger partial charge >= 0.3 is 0 Å². The minimum atomic E-state index is -0.354. The molecule has 68 valence electrons. The summed E-state index contributed by atoms with van der Waals surface area (Å²) in [6, 6.07) is 1.77. The van der Waals surface area contributed by atoms with Crippen LogP contribution >= 0.6 is 11.6 Å². The van der Waals surface area contributed by atoms with Crippen LogP contribution in [0, 0.1) is 0 Å². The summed E-state index contributed by atoms with van der Waals surface area (Å²) in [4.78, 5) is 8.03. The Labute approximate surface area is 80.6 Å². The molecular weight excluding hydrogens is 190 g/mol. The van der Waals surface area contributed by atoms with E-state index >= 15 is 0 Å². The molecule has 0 bridgehead atoms. The number of aromatic nitrogens is 1. The van der Waals surface area contributed by atoms with Gasteiger partial charge in [-0.1, -0.05) is 11.6 Å². The number of nitrogens with one attached hydrogen (secondary N) is 1. The standard InChI is InChI=1S/C8H8ClN3O/c1-13-7-2-5-6(3-10-7)11-4-12-8(5)9/h2-4,8H,1H3,(H,11,12). The molecule has 0 saturated heterocycles. The van der Waals surface area contributed by atoms with Crippen molar-refractivity contribution in [2.75, 3.05) is 12.4 Å². The van der Waals surface area contributed by atoms with Crippen LogP contribution in [0.25, 0.3) is 0 Å². The van der Waals surface area contributed by atoms with Crippen molar-refractivity contribution >= 4 is 23.6 Å². The number of rotatable bonds is 1. The summed E-state index contributed by atoms with van der Waals surface area (Å²) in [5.41, 5.74) is 1.40. The van der Waals surface area contributed by atoms with Gasteiger partial charge in [-0.3, -0.25) is 4.99 Å². The van der Waals surface area contributed by atoms with Crippen LogP contribution in [0.15, 0.2) is 17.3 Å². The topological polar surface area (TPSA) is 46.5 Å². The second-order valence-electron chi connectivity index (χ2n) is 2.57. The molecule has 0 radical (unpaired) electrons. The molecular formula is C8H8ClN3O. The van der Waals surface area contributed by atoms with Gasteiger partial charge in [0.05, 0.1) is 25.3 Å². The molecule has 1 aromatic heterocycles. The Morgan fingerprint density at radius 2 is 2.46 bits per heavy atom. The number of pyridine rings is 1. The number of hydrogen-bond acceptors (Lipinski definition) is 4. The summed E-state index contributed by atoms with van der Waals surface area (Å²) < 4.78 is 4.98. The first kappa shape index (κ1) is 8.31. The minimum absolute atomic E-state index is 0.354. The van der Waals surface area contributed by atoms with Crippen molar-refractivity contribution in [3.8, 4) is 5.88 Å². The van der Waals surface area contributed by atoms with Gasteiger partial charge in [0.25, 0.3) is 0 Å². The highest BCUT2D eigenvalue weighted by Crippen LogP contribution is 2.32. The molecule has 13 heavy (non-hydrogen) atoms. The average Bonchev–Trinajstić information content (AvgIpc) is 2.18. The number of fused-ring (bicyclic) bond motifs is 1. The van der Waals surface area contributed by atoms with E-state index in [9.17, 15) is 0 Å². The summed E-state index contributed by atoms with van der Waals surface area (Å²) in [5.74, 6) is 0.545. The first-order valence-electron chi connectivity index (χ1n) is 3.77. The van der Waals surface area contributed by atoms with E-state index in [0.29, 0.717) is 5.88 Å². The van der Waals surface area contributed by atoms with E-state index in [1.165, 1.54) is 0 Å². The van der Waals surface area contributed by atoms with Crippen molar-refractivity contribution in [1.82, 2.24) is 4.98 Å². The van der Waals surface area contributed by atoms with Crippen LogP contribution in [0.2, 0.25) is 0 Å². The van der Waals surface area contributed by atoms with E-state index < -0.39 is 0 Å². The van der Waals surface area contributed by atoms with Crippen molar-refractivity contribution in [3.05, 3.63) is 17.8 Å². The molecule has 0 fully saturated rings. The van der Waals surface area contributed by atoms with Crippen molar-refractivity contribution in [2.24, 2.45) is 4.99 Å². The molecule has 5 heteroatoms. The Kier molecular flexibility index (Phi) is 2.06. The highest BCUT2D eigenvalue weighted by atomic mass is 35.5. The number of methoxy groups -OCH3 is 1. The number of nitrogens with zero attached hydrogens (tertiary/aromatic N) is 2. The van der Waals surface area contributed by atoms with E-state index in [2.05, 4.69) is 15.3 Å². The summed E-state index contributed by atoms with van der Waals surface area (Å²) in [5, 5.41) is 2.95. The Hall–Kier alpha value is -1.29. The summed E-state index contributed by atoms with van der Waals surface area (Å²) in [6.07, 6.45) is 3.24. The van der Waals surface area contributed by atoms with Crippen LogP contribution in [0.3, 0.4) is 0 Å². The van der Waals surface area contributed by atoms with Crippen molar-refractivity contribution in [2.45, 2.75) is 5.50 Å². The third kappa shape index (κ3) is 1.45. The molecule has 1 aliphatic rings. The van der Waals surface area contributed by atoms with Crippen LogP contribution in [-0.4, -0.2) is 18.4 Å². The lowest BCUT2D eigenvalue weighted by atomic mass is 10.2. The Balaban J connectivity index is 2.45. The first-order valence-corrected chi connectivity index (χ1v) is 4.21. The fourth-order valence-corrected chi connectivity index (χ4v) is 1.37. The predicted octanol–water partition coefficient (Wildman–Crippen LogP) is 1.78. The molecule has 1 aliphatic heterocycles. The smallest absolute Gasteiger partial charge is 0.213 e. The summed E-state index contributed by atoms with van der Waals surface area (Å²) >= 11 is 5.95. The second kappa shape index (κ2) is 3.22. The summed E-state index contributed by atoms with van der Waals surface area (Å²) in [6.45, 7) is 0. The van der Waals surface area contributed by atoms with Gasteiger partial charge in [0.1, 0.15) is 0 Å². The number of aliphatic imine (C=N–C) groups is 1. The van der Waals surface area contributed by atoms with Crippen molar-refractivity contribution in [1.29, 1.82) is 0 Å². The van der Waals surface area contributed by atoms with E-state index in [1.54, 1.807) is 25.7 Å². The maximum atomic E-state index is 5.95. The fraction of sp³-hybridized carbons (Fsp3) is 0.250. The van der Waals surface area contributed by atoms with Crippen LogP contribution in [0.4, 0.5) is 5.69 Å². The SMILES string of the molecule is COc1cc2c(cn1)NC=NC2Cl. The monoisotopic (exact) mass is 197 g/mol. The number of hydrogen-bond donors (Lipinski definition) is 1. The lowest BCUT2D eigenvalue weighted by Crippen LogP contribution is -2.07. The average molecular weight is 198 g/mol. The lowest BCUT2D eigenvalue weighted by molar-refractivity contribution is 0.397. The number of ether oxygens (including phenoxy) is 1. The maximum Gasteiger partial charge on any atom is 0.213 e. The van der Waals surface area contributed by atoms with E-state index in [0.717, 1.165) is 11.3 Å². The van der Waals surface area contributed by atoms with Gasteiger partial charge in [-0.15, -0.1) is 0 Å². The molecule has 2 rings (SSSR count). The molecule has 0 aliphatic carbocycles. The van der Waals surface area contributed by atoms with Crippen LogP contribution in [0.1, 0.15) is 11.1 Å².